The minimum Gasteiger partial charge on any atom is -0.462 e. The fourth-order valence-corrected chi connectivity index (χ4v) is 7.90. The zero-order chi connectivity index (χ0) is 45.8. The van der Waals surface area contributed by atoms with Crippen LogP contribution in [0.1, 0.15) is 290 Å². The van der Waals surface area contributed by atoms with E-state index in [0.717, 1.165) is 83.5 Å². The second kappa shape index (κ2) is 52.3. The molecule has 0 aliphatic heterocycles. The lowest BCUT2D eigenvalue weighted by atomic mass is 10.1. The molecule has 0 heterocycles. The summed E-state index contributed by atoms with van der Waals surface area (Å²) in [7, 11) is 0. The summed E-state index contributed by atoms with van der Waals surface area (Å²) in [5.41, 5.74) is 0. The summed E-state index contributed by atoms with van der Waals surface area (Å²) < 4.78 is 16.8. The summed E-state index contributed by atoms with van der Waals surface area (Å²) in [6.45, 7) is 6.62. The molecule has 63 heavy (non-hydrogen) atoms. The van der Waals surface area contributed by atoms with Crippen LogP contribution in [-0.2, 0) is 28.6 Å². The predicted molar refractivity (Wildman–Crippen MR) is 270 cm³/mol. The number of carbonyl (C=O) groups is 3. The van der Waals surface area contributed by atoms with Crippen molar-refractivity contribution in [1.29, 1.82) is 0 Å². The van der Waals surface area contributed by atoms with Crippen molar-refractivity contribution in [3.05, 3.63) is 36.5 Å². The molecule has 6 nitrogen and oxygen atoms in total. The quantitative estimate of drug-likeness (QED) is 0.0262. The number of unbranched alkanes of at least 4 members (excludes halogenated alkanes) is 33. The van der Waals surface area contributed by atoms with Crippen molar-refractivity contribution in [2.24, 2.45) is 0 Å². The van der Waals surface area contributed by atoms with Crippen molar-refractivity contribution in [3.63, 3.8) is 0 Å². The number of esters is 3. The van der Waals surface area contributed by atoms with Gasteiger partial charge in [-0.05, 0) is 96.3 Å². The fourth-order valence-electron chi connectivity index (χ4n) is 7.90. The molecule has 1 atom stereocenters. The Morgan fingerprint density at radius 2 is 0.524 bits per heavy atom. The zero-order valence-electron chi connectivity index (χ0n) is 42.1. The van der Waals surface area contributed by atoms with Crippen molar-refractivity contribution in [3.8, 4) is 0 Å². The number of rotatable bonds is 50. The summed E-state index contributed by atoms with van der Waals surface area (Å²) in [5, 5.41) is 0. The van der Waals surface area contributed by atoms with Gasteiger partial charge in [0.05, 0.1) is 0 Å². The Kier molecular flexibility index (Phi) is 50.3. The van der Waals surface area contributed by atoms with Crippen LogP contribution in [0.2, 0.25) is 0 Å². The van der Waals surface area contributed by atoms with Gasteiger partial charge in [-0.25, -0.2) is 0 Å². The summed E-state index contributed by atoms with van der Waals surface area (Å²) >= 11 is 0. The average Bonchev–Trinajstić information content (AvgIpc) is 3.28. The van der Waals surface area contributed by atoms with Crippen LogP contribution in [0.25, 0.3) is 0 Å². The third-order valence-corrected chi connectivity index (χ3v) is 12.1. The second-order valence-electron chi connectivity index (χ2n) is 18.5. The molecule has 368 valence electrons. The third-order valence-electron chi connectivity index (χ3n) is 12.1. The Labute approximate surface area is 391 Å². The molecule has 0 aliphatic carbocycles. The third kappa shape index (κ3) is 50.5. The summed E-state index contributed by atoms with van der Waals surface area (Å²) in [4.78, 5) is 38.0. The minimum atomic E-state index is -0.785. The van der Waals surface area contributed by atoms with E-state index in [9.17, 15) is 14.4 Å². The van der Waals surface area contributed by atoms with E-state index in [2.05, 4.69) is 57.2 Å². The van der Waals surface area contributed by atoms with Crippen molar-refractivity contribution in [1.82, 2.24) is 0 Å². The van der Waals surface area contributed by atoms with Crippen molar-refractivity contribution >= 4 is 17.9 Å². The Morgan fingerprint density at radius 1 is 0.302 bits per heavy atom. The molecule has 0 aliphatic rings. The van der Waals surface area contributed by atoms with Gasteiger partial charge in [-0.2, -0.15) is 0 Å². The first-order chi connectivity index (χ1) is 31.0. The highest BCUT2D eigenvalue weighted by molar-refractivity contribution is 5.71. The summed E-state index contributed by atoms with van der Waals surface area (Å²) in [6.07, 6.45) is 61.3. The van der Waals surface area contributed by atoms with E-state index >= 15 is 0 Å². The number of ether oxygens (including phenoxy) is 3. The SMILES string of the molecule is CCCCCCCC/C=C\CCCCCC(=O)OCC(COC(=O)CCCCCCCCC/C=C\CCCCCCCCCC)OC(=O)CCCCC/C=C\CCCCCCCC. The molecule has 0 bridgehead atoms. The number of hydrogen-bond donors (Lipinski definition) is 0. The first kappa shape index (κ1) is 60.6. The first-order valence-electron chi connectivity index (χ1n) is 27.5. The predicted octanol–water partition coefficient (Wildman–Crippen LogP) is 18.1. The van der Waals surface area contributed by atoms with Gasteiger partial charge in [0.1, 0.15) is 13.2 Å². The van der Waals surface area contributed by atoms with E-state index in [1.54, 1.807) is 0 Å². The van der Waals surface area contributed by atoms with Crippen molar-refractivity contribution < 1.29 is 28.6 Å². The molecule has 6 heteroatoms. The van der Waals surface area contributed by atoms with E-state index in [0.29, 0.717) is 19.3 Å². The maximum absolute atomic E-state index is 12.8. The van der Waals surface area contributed by atoms with Crippen LogP contribution >= 0.6 is 0 Å². The molecule has 0 aromatic rings. The molecular weight excluding hydrogens is 781 g/mol. The highest BCUT2D eigenvalue weighted by Gasteiger charge is 2.19. The van der Waals surface area contributed by atoms with E-state index in [1.165, 1.54) is 167 Å². The highest BCUT2D eigenvalue weighted by atomic mass is 16.6. The molecule has 0 saturated carbocycles. The Hall–Kier alpha value is -2.37. The lowest BCUT2D eigenvalue weighted by Gasteiger charge is -2.18. The Morgan fingerprint density at radius 3 is 0.810 bits per heavy atom. The van der Waals surface area contributed by atoms with E-state index in [-0.39, 0.29) is 31.1 Å². The van der Waals surface area contributed by atoms with E-state index in [1.807, 2.05) is 0 Å². The molecular formula is C57H104O6. The van der Waals surface area contributed by atoms with Crippen LogP contribution in [0.5, 0.6) is 0 Å². The molecule has 0 saturated heterocycles. The maximum atomic E-state index is 12.8. The number of hydrogen-bond acceptors (Lipinski definition) is 6. The summed E-state index contributed by atoms with van der Waals surface area (Å²) in [6, 6.07) is 0. The molecule has 0 spiro atoms. The Bertz CT molecular complexity index is 1060. The van der Waals surface area contributed by atoms with Gasteiger partial charge in [0.25, 0.3) is 0 Å². The minimum absolute atomic E-state index is 0.0834. The molecule has 0 rings (SSSR count). The zero-order valence-corrected chi connectivity index (χ0v) is 42.1. The molecule has 0 aromatic heterocycles. The molecule has 1 unspecified atom stereocenters. The Balaban J connectivity index is 4.35. The van der Waals surface area contributed by atoms with Crippen LogP contribution in [0.4, 0.5) is 0 Å². The van der Waals surface area contributed by atoms with Crippen molar-refractivity contribution in [2.75, 3.05) is 13.2 Å². The molecule has 0 fully saturated rings. The van der Waals surface area contributed by atoms with Crippen molar-refractivity contribution in [2.45, 2.75) is 297 Å². The lowest BCUT2D eigenvalue weighted by Crippen LogP contribution is -2.30. The maximum Gasteiger partial charge on any atom is 0.306 e. The van der Waals surface area contributed by atoms with Crippen LogP contribution in [-0.4, -0.2) is 37.2 Å². The average molecular weight is 885 g/mol. The highest BCUT2D eigenvalue weighted by Crippen LogP contribution is 2.15. The van der Waals surface area contributed by atoms with Gasteiger partial charge >= 0.3 is 17.9 Å². The molecule has 0 N–H and O–H groups in total. The molecule has 0 aromatic carbocycles. The number of allylic oxidation sites excluding steroid dienone is 6. The van der Waals surface area contributed by atoms with Crippen LogP contribution < -0.4 is 0 Å². The lowest BCUT2D eigenvalue weighted by molar-refractivity contribution is -0.167. The second-order valence-corrected chi connectivity index (χ2v) is 18.5. The largest absolute Gasteiger partial charge is 0.462 e. The summed E-state index contributed by atoms with van der Waals surface area (Å²) in [5.74, 6) is -0.909. The molecule has 0 amide bonds. The van der Waals surface area contributed by atoms with Gasteiger partial charge in [-0.1, -0.05) is 211 Å². The first-order valence-corrected chi connectivity index (χ1v) is 27.5. The van der Waals surface area contributed by atoms with Gasteiger partial charge < -0.3 is 14.2 Å². The smallest absolute Gasteiger partial charge is 0.306 e. The van der Waals surface area contributed by atoms with Gasteiger partial charge in [0.2, 0.25) is 0 Å². The normalized spacial score (nSPS) is 12.2. The van der Waals surface area contributed by atoms with Gasteiger partial charge in [0, 0.05) is 19.3 Å². The molecule has 0 radical (unpaired) electrons. The van der Waals surface area contributed by atoms with Crippen LogP contribution in [0, 0.1) is 0 Å². The standard InChI is InChI=1S/C57H104O6/c1-4-7-10-13-16-19-22-25-26-27-28-29-30-33-35-38-41-44-47-50-56(59)62-53-54(63-57(60)51-48-45-42-39-36-32-24-21-18-15-12-9-6-3)52-61-55(58)49-46-43-40-37-34-31-23-20-17-14-11-8-5-2/h27-28,31-32,34,36,54H,4-26,29-30,33,35,37-53H2,1-3H3/b28-27-,34-31-,36-32-. The monoisotopic (exact) mass is 885 g/mol. The fraction of sp³-hybridized carbons (Fsp3) is 0.842. The van der Waals surface area contributed by atoms with Gasteiger partial charge in [0.15, 0.2) is 6.10 Å². The topological polar surface area (TPSA) is 78.9 Å². The van der Waals surface area contributed by atoms with Crippen LogP contribution in [0.15, 0.2) is 36.5 Å². The number of carbonyl (C=O) groups excluding carboxylic acids is 3. The van der Waals surface area contributed by atoms with Gasteiger partial charge in [-0.15, -0.1) is 0 Å². The van der Waals surface area contributed by atoms with E-state index in [4.69, 9.17) is 14.2 Å². The van der Waals surface area contributed by atoms with Crippen LogP contribution in [0.3, 0.4) is 0 Å². The van der Waals surface area contributed by atoms with Gasteiger partial charge in [-0.3, -0.25) is 14.4 Å². The van der Waals surface area contributed by atoms with E-state index < -0.39 is 6.10 Å².